The number of carbonyl (C=O) groups is 2. The lowest BCUT2D eigenvalue weighted by Gasteiger charge is -2.34. The van der Waals surface area contributed by atoms with Crippen molar-refractivity contribution in [1.29, 1.82) is 0 Å². The zero-order valence-corrected chi connectivity index (χ0v) is 15.4. The average Bonchev–Trinajstić information content (AvgIpc) is 2.68. The van der Waals surface area contributed by atoms with Crippen LogP contribution in [0, 0.1) is 5.92 Å². The van der Waals surface area contributed by atoms with Gasteiger partial charge in [-0.05, 0) is 37.3 Å². The van der Waals surface area contributed by atoms with Crippen LogP contribution in [-0.2, 0) is 14.3 Å². The van der Waals surface area contributed by atoms with Gasteiger partial charge in [-0.2, -0.15) is 0 Å². The van der Waals surface area contributed by atoms with Crippen molar-refractivity contribution in [2.75, 3.05) is 51.3 Å². The number of amides is 2. The van der Waals surface area contributed by atoms with Crippen LogP contribution in [-0.4, -0.2) is 67.6 Å². The van der Waals surface area contributed by atoms with Crippen LogP contribution in [0.2, 0.25) is 0 Å². The number of rotatable bonds is 6. The molecule has 2 aliphatic rings. The van der Waals surface area contributed by atoms with E-state index in [9.17, 15) is 9.59 Å². The quantitative estimate of drug-likeness (QED) is 0.844. The highest BCUT2D eigenvalue weighted by molar-refractivity contribution is 5.92. The molecule has 6 heteroatoms. The van der Waals surface area contributed by atoms with E-state index >= 15 is 0 Å². The Morgan fingerprint density at radius 1 is 1.12 bits per heavy atom. The third-order valence-electron chi connectivity index (χ3n) is 5.17. The average molecular weight is 359 g/mol. The molecule has 2 heterocycles. The monoisotopic (exact) mass is 359 g/mol. The predicted molar refractivity (Wildman–Crippen MR) is 101 cm³/mol. The van der Waals surface area contributed by atoms with Crippen LogP contribution < -0.4 is 5.32 Å². The maximum atomic E-state index is 12.4. The summed E-state index contributed by atoms with van der Waals surface area (Å²) in [6, 6.07) is 9.49. The summed E-state index contributed by atoms with van der Waals surface area (Å²) in [4.78, 5) is 28.6. The van der Waals surface area contributed by atoms with Crippen molar-refractivity contribution in [3.63, 3.8) is 0 Å². The molecule has 142 valence electrons. The first-order valence-electron chi connectivity index (χ1n) is 9.63. The molecule has 0 radical (unpaired) electrons. The zero-order chi connectivity index (χ0) is 18.2. The number of benzene rings is 1. The van der Waals surface area contributed by atoms with Crippen molar-refractivity contribution in [2.45, 2.75) is 25.7 Å². The Morgan fingerprint density at radius 3 is 2.58 bits per heavy atom. The van der Waals surface area contributed by atoms with E-state index < -0.39 is 0 Å². The van der Waals surface area contributed by atoms with Crippen molar-refractivity contribution in [2.24, 2.45) is 5.92 Å². The van der Waals surface area contributed by atoms with Crippen molar-refractivity contribution >= 4 is 17.5 Å². The summed E-state index contributed by atoms with van der Waals surface area (Å²) in [7, 11) is 0. The second-order valence-corrected chi connectivity index (χ2v) is 7.19. The van der Waals surface area contributed by atoms with Crippen LogP contribution in [0.5, 0.6) is 0 Å². The summed E-state index contributed by atoms with van der Waals surface area (Å²) >= 11 is 0. The van der Waals surface area contributed by atoms with Crippen LogP contribution in [0.1, 0.15) is 25.7 Å². The Hall–Kier alpha value is -1.92. The molecule has 2 fully saturated rings. The Bertz CT molecular complexity index is 579. The normalized spacial score (nSPS) is 21.4. The molecule has 0 spiro atoms. The van der Waals surface area contributed by atoms with E-state index in [1.807, 2.05) is 35.2 Å². The highest BCUT2D eigenvalue weighted by Gasteiger charge is 2.23. The summed E-state index contributed by atoms with van der Waals surface area (Å²) in [6.07, 6.45) is 3.83. The lowest BCUT2D eigenvalue weighted by molar-refractivity contribution is -0.133. The Balaban J connectivity index is 1.34. The molecular formula is C20H29N3O3. The summed E-state index contributed by atoms with van der Waals surface area (Å²) in [5, 5.41) is 2.91. The SMILES string of the molecule is O=C(CN1CCN(C(=O)CCC2CCCOC2)CC1)Nc1ccccc1. The zero-order valence-electron chi connectivity index (χ0n) is 15.4. The van der Waals surface area contributed by atoms with Crippen LogP contribution in [0.4, 0.5) is 5.69 Å². The maximum Gasteiger partial charge on any atom is 0.238 e. The van der Waals surface area contributed by atoms with Gasteiger partial charge in [0.15, 0.2) is 0 Å². The van der Waals surface area contributed by atoms with Gasteiger partial charge in [0.1, 0.15) is 0 Å². The van der Waals surface area contributed by atoms with Gasteiger partial charge in [-0.25, -0.2) is 0 Å². The van der Waals surface area contributed by atoms with Crippen LogP contribution in [0.3, 0.4) is 0 Å². The van der Waals surface area contributed by atoms with Gasteiger partial charge < -0.3 is 15.0 Å². The highest BCUT2D eigenvalue weighted by atomic mass is 16.5. The number of ether oxygens (including phenoxy) is 1. The van der Waals surface area contributed by atoms with Crippen LogP contribution in [0.15, 0.2) is 30.3 Å². The molecule has 26 heavy (non-hydrogen) atoms. The number of piperazine rings is 1. The van der Waals surface area contributed by atoms with Crippen LogP contribution in [0.25, 0.3) is 0 Å². The number of nitrogens with zero attached hydrogens (tertiary/aromatic N) is 2. The van der Waals surface area contributed by atoms with Gasteiger partial charge in [0.05, 0.1) is 6.54 Å². The molecule has 1 unspecified atom stereocenters. The highest BCUT2D eigenvalue weighted by Crippen LogP contribution is 2.19. The smallest absolute Gasteiger partial charge is 0.238 e. The molecule has 1 atom stereocenters. The minimum atomic E-state index is -0.00623. The fraction of sp³-hybridized carbons (Fsp3) is 0.600. The number of carbonyl (C=O) groups excluding carboxylic acids is 2. The number of hydrogen-bond acceptors (Lipinski definition) is 4. The molecule has 2 saturated heterocycles. The van der Waals surface area contributed by atoms with Gasteiger partial charge in [-0.15, -0.1) is 0 Å². The Labute approximate surface area is 155 Å². The third-order valence-corrected chi connectivity index (χ3v) is 5.17. The van der Waals surface area contributed by atoms with Gasteiger partial charge in [0, 0.05) is 51.5 Å². The van der Waals surface area contributed by atoms with Crippen LogP contribution >= 0.6 is 0 Å². The minimum absolute atomic E-state index is 0.00623. The van der Waals surface area contributed by atoms with Gasteiger partial charge in [-0.1, -0.05) is 18.2 Å². The molecule has 1 aromatic carbocycles. The molecule has 0 saturated carbocycles. The molecule has 1 aromatic rings. The second-order valence-electron chi connectivity index (χ2n) is 7.19. The van der Waals surface area contributed by atoms with Crippen molar-refractivity contribution in [3.8, 4) is 0 Å². The van der Waals surface area contributed by atoms with E-state index in [1.54, 1.807) is 0 Å². The molecule has 2 aliphatic heterocycles. The molecule has 0 bridgehead atoms. The van der Waals surface area contributed by atoms with E-state index in [2.05, 4.69) is 10.2 Å². The number of anilines is 1. The largest absolute Gasteiger partial charge is 0.381 e. The molecule has 6 nitrogen and oxygen atoms in total. The van der Waals surface area contributed by atoms with Gasteiger partial charge in [0.2, 0.25) is 11.8 Å². The van der Waals surface area contributed by atoms with Gasteiger partial charge >= 0.3 is 0 Å². The summed E-state index contributed by atoms with van der Waals surface area (Å²) in [5.41, 5.74) is 0.818. The molecule has 2 amide bonds. The number of hydrogen-bond donors (Lipinski definition) is 1. The first kappa shape index (κ1) is 18.9. The first-order valence-corrected chi connectivity index (χ1v) is 9.63. The number of para-hydroxylation sites is 1. The van der Waals surface area contributed by atoms with Crippen molar-refractivity contribution < 1.29 is 14.3 Å². The predicted octanol–water partition coefficient (Wildman–Crippen LogP) is 1.98. The summed E-state index contributed by atoms with van der Waals surface area (Å²) < 4.78 is 5.48. The van der Waals surface area contributed by atoms with E-state index in [0.717, 1.165) is 44.8 Å². The Morgan fingerprint density at radius 2 is 1.88 bits per heavy atom. The molecular weight excluding hydrogens is 330 g/mol. The van der Waals surface area contributed by atoms with Crippen molar-refractivity contribution in [1.82, 2.24) is 9.80 Å². The van der Waals surface area contributed by atoms with E-state index in [4.69, 9.17) is 4.74 Å². The fourth-order valence-corrected chi connectivity index (χ4v) is 3.60. The number of nitrogens with one attached hydrogen (secondary N) is 1. The fourth-order valence-electron chi connectivity index (χ4n) is 3.60. The second kappa shape index (κ2) is 9.69. The topological polar surface area (TPSA) is 61.9 Å². The van der Waals surface area contributed by atoms with Gasteiger partial charge in [-0.3, -0.25) is 14.5 Å². The molecule has 0 aliphatic carbocycles. The maximum absolute atomic E-state index is 12.4. The molecule has 3 rings (SSSR count). The summed E-state index contributed by atoms with van der Waals surface area (Å²) in [6.45, 7) is 4.95. The van der Waals surface area contributed by atoms with E-state index in [-0.39, 0.29) is 11.8 Å². The van der Waals surface area contributed by atoms with Crippen molar-refractivity contribution in [3.05, 3.63) is 30.3 Å². The van der Waals surface area contributed by atoms with Gasteiger partial charge in [0.25, 0.3) is 0 Å². The molecule has 0 aromatic heterocycles. The van der Waals surface area contributed by atoms with E-state index in [0.29, 0.717) is 32.0 Å². The first-order chi connectivity index (χ1) is 12.7. The van der Waals surface area contributed by atoms with E-state index in [1.165, 1.54) is 6.42 Å². The minimum Gasteiger partial charge on any atom is -0.381 e. The lowest BCUT2D eigenvalue weighted by atomic mass is 9.96. The summed E-state index contributed by atoms with van der Waals surface area (Å²) in [5.74, 6) is 0.771. The Kier molecular flexibility index (Phi) is 7.03. The lowest BCUT2D eigenvalue weighted by Crippen LogP contribution is -2.50. The molecule has 1 N–H and O–H groups in total. The third kappa shape index (κ3) is 5.81. The standard InChI is InChI=1S/C20H29N3O3/c24-19(21-18-6-2-1-3-7-18)15-22-10-12-23(13-11-22)20(25)9-8-17-5-4-14-26-16-17/h1-3,6-7,17H,4-5,8-16H2,(H,21,24).